The van der Waals surface area contributed by atoms with E-state index in [1.165, 1.54) is 0 Å². The third-order valence-electron chi connectivity index (χ3n) is 4.01. The molecule has 0 aliphatic rings. The third kappa shape index (κ3) is 11.5. The van der Waals surface area contributed by atoms with Crippen LogP contribution in [0.3, 0.4) is 0 Å². The number of hydrogen-bond donors (Lipinski definition) is 3. The quantitative estimate of drug-likeness (QED) is 0.314. The van der Waals surface area contributed by atoms with Crippen LogP contribution in [-0.4, -0.2) is 90.0 Å². The van der Waals surface area contributed by atoms with Crippen molar-refractivity contribution in [3.63, 3.8) is 0 Å². The fraction of sp³-hybridized carbons (Fsp3) is 0.600. The predicted octanol–water partition coefficient (Wildman–Crippen LogP) is 0.328. The molecule has 3 N–H and O–H groups in total. The van der Waals surface area contributed by atoms with Gasteiger partial charge in [0.2, 0.25) is 0 Å². The number of aliphatic carboxylic acids is 1. The molecule has 164 valence electrons. The highest BCUT2D eigenvalue weighted by atomic mass is 16.6. The summed E-state index contributed by atoms with van der Waals surface area (Å²) in [5.41, 5.74) is 1.36. The molecule has 1 atom stereocenters. The molecule has 0 unspecified atom stereocenters. The van der Waals surface area contributed by atoms with Gasteiger partial charge < -0.3 is 34.7 Å². The van der Waals surface area contributed by atoms with Crippen molar-refractivity contribution in [3.8, 4) is 0 Å². The zero-order valence-corrected chi connectivity index (χ0v) is 17.1. The molecular weight excluding hydrogens is 380 g/mol. The SMILES string of the molecule is CN[C@@H](Cc1ccc(C(=O)NCCOCCOCCOCCOC)cc1)C(=O)O. The molecule has 1 amide bonds. The van der Waals surface area contributed by atoms with Crippen LogP contribution in [0.15, 0.2) is 24.3 Å². The molecule has 0 aliphatic heterocycles. The molecule has 0 saturated heterocycles. The lowest BCUT2D eigenvalue weighted by Gasteiger charge is -2.11. The number of likely N-dealkylation sites (N-methyl/N-ethyl adjacent to an activating group) is 1. The summed E-state index contributed by atoms with van der Waals surface area (Å²) < 4.78 is 20.9. The molecule has 0 fully saturated rings. The molecule has 9 heteroatoms. The second-order valence-corrected chi connectivity index (χ2v) is 6.17. The number of nitrogens with one attached hydrogen (secondary N) is 2. The molecule has 9 nitrogen and oxygen atoms in total. The Kier molecular flexibility index (Phi) is 13.6. The van der Waals surface area contributed by atoms with Crippen LogP contribution in [0.4, 0.5) is 0 Å². The number of rotatable bonds is 17. The first-order valence-corrected chi connectivity index (χ1v) is 9.57. The summed E-state index contributed by atoms with van der Waals surface area (Å²) in [7, 11) is 3.23. The Hall–Kier alpha value is -2.04. The smallest absolute Gasteiger partial charge is 0.321 e. The van der Waals surface area contributed by atoms with Gasteiger partial charge in [0.25, 0.3) is 5.91 Å². The Morgan fingerprint density at radius 1 is 0.931 bits per heavy atom. The molecule has 0 saturated carbocycles. The Morgan fingerprint density at radius 2 is 1.48 bits per heavy atom. The lowest BCUT2D eigenvalue weighted by atomic mass is 10.0. The number of amides is 1. The van der Waals surface area contributed by atoms with Crippen LogP contribution in [0.25, 0.3) is 0 Å². The Bertz CT molecular complexity index is 581. The average Bonchev–Trinajstić information content (AvgIpc) is 2.72. The summed E-state index contributed by atoms with van der Waals surface area (Å²) in [5.74, 6) is -1.11. The summed E-state index contributed by atoms with van der Waals surface area (Å²) in [5, 5.41) is 14.6. The molecule has 0 aromatic heterocycles. The third-order valence-corrected chi connectivity index (χ3v) is 4.01. The summed E-state index contributed by atoms with van der Waals surface area (Å²) in [4.78, 5) is 23.2. The maximum Gasteiger partial charge on any atom is 0.321 e. The zero-order valence-electron chi connectivity index (χ0n) is 17.1. The van der Waals surface area contributed by atoms with Crippen LogP contribution in [0, 0.1) is 0 Å². The molecular formula is C20H32N2O7. The minimum atomic E-state index is -0.907. The normalized spacial score (nSPS) is 11.9. The van der Waals surface area contributed by atoms with Gasteiger partial charge in [-0.1, -0.05) is 12.1 Å². The molecule has 0 heterocycles. The van der Waals surface area contributed by atoms with E-state index in [0.29, 0.717) is 64.8 Å². The van der Waals surface area contributed by atoms with Gasteiger partial charge in [-0.2, -0.15) is 0 Å². The lowest BCUT2D eigenvalue weighted by Crippen LogP contribution is -2.35. The van der Waals surface area contributed by atoms with Gasteiger partial charge in [0.15, 0.2) is 0 Å². The van der Waals surface area contributed by atoms with Gasteiger partial charge in [-0.25, -0.2) is 0 Å². The van der Waals surface area contributed by atoms with E-state index >= 15 is 0 Å². The molecule has 1 aromatic rings. The number of carboxylic acids is 1. The average molecular weight is 412 g/mol. The van der Waals surface area contributed by atoms with E-state index in [2.05, 4.69) is 10.6 Å². The van der Waals surface area contributed by atoms with Crippen molar-refractivity contribution in [1.29, 1.82) is 0 Å². The lowest BCUT2D eigenvalue weighted by molar-refractivity contribution is -0.139. The minimum Gasteiger partial charge on any atom is -0.480 e. The van der Waals surface area contributed by atoms with Gasteiger partial charge >= 0.3 is 5.97 Å². The number of ether oxygens (including phenoxy) is 4. The fourth-order valence-electron chi connectivity index (χ4n) is 2.36. The molecule has 0 radical (unpaired) electrons. The van der Waals surface area contributed by atoms with E-state index in [4.69, 9.17) is 24.1 Å². The number of carboxylic acid groups (broad SMARTS) is 1. The zero-order chi connectivity index (χ0) is 21.3. The Labute approximate surface area is 171 Å². The molecule has 0 spiro atoms. The number of carbonyl (C=O) groups excluding carboxylic acids is 1. The van der Waals surface area contributed by atoms with Crippen LogP contribution in [0.2, 0.25) is 0 Å². The van der Waals surface area contributed by atoms with Crippen molar-refractivity contribution in [2.45, 2.75) is 12.5 Å². The topological polar surface area (TPSA) is 115 Å². The monoisotopic (exact) mass is 412 g/mol. The van der Waals surface area contributed by atoms with E-state index in [1.54, 1.807) is 38.4 Å². The first kappa shape index (κ1) is 25.0. The fourth-order valence-corrected chi connectivity index (χ4v) is 2.36. The van der Waals surface area contributed by atoms with Gasteiger partial charge in [-0.3, -0.25) is 9.59 Å². The number of benzene rings is 1. The highest BCUT2D eigenvalue weighted by Gasteiger charge is 2.15. The number of methoxy groups -OCH3 is 1. The maximum absolute atomic E-state index is 12.1. The van der Waals surface area contributed by atoms with Crippen molar-refractivity contribution >= 4 is 11.9 Å². The van der Waals surface area contributed by atoms with E-state index in [0.717, 1.165) is 5.56 Å². The van der Waals surface area contributed by atoms with Crippen LogP contribution >= 0.6 is 0 Å². The summed E-state index contributed by atoms with van der Waals surface area (Å²) in [6.07, 6.45) is 0.350. The first-order chi connectivity index (χ1) is 14.1. The van der Waals surface area contributed by atoms with Crippen LogP contribution in [-0.2, 0) is 30.2 Å². The van der Waals surface area contributed by atoms with Gasteiger partial charge in [0.05, 0.1) is 46.2 Å². The first-order valence-electron chi connectivity index (χ1n) is 9.57. The van der Waals surface area contributed by atoms with Crippen molar-refractivity contribution in [3.05, 3.63) is 35.4 Å². The summed E-state index contributed by atoms with van der Waals surface area (Å²) >= 11 is 0. The van der Waals surface area contributed by atoms with Crippen LogP contribution < -0.4 is 10.6 Å². The standard InChI is InChI=1S/C20H32N2O7/c1-21-18(20(24)25)15-16-3-5-17(6-4-16)19(23)22-7-8-27-11-12-29-14-13-28-10-9-26-2/h3-6,18,21H,7-15H2,1-2H3,(H,22,23)(H,24,25)/t18-/m0/s1. The molecule has 29 heavy (non-hydrogen) atoms. The van der Waals surface area contributed by atoms with E-state index < -0.39 is 12.0 Å². The van der Waals surface area contributed by atoms with Crippen LogP contribution in [0.5, 0.6) is 0 Å². The van der Waals surface area contributed by atoms with Crippen molar-refractivity contribution in [2.24, 2.45) is 0 Å². The summed E-state index contributed by atoms with van der Waals surface area (Å²) in [6, 6.07) is 6.23. The van der Waals surface area contributed by atoms with E-state index in [1.807, 2.05) is 0 Å². The number of hydrogen-bond acceptors (Lipinski definition) is 7. The molecule has 1 aromatic carbocycles. The second-order valence-electron chi connectivity index (χ2n) is 6.17. The second kappa shape index (κ2) is 15.8. The highest BCUT2D eigenvalue weighted by Crippen LogP contribution is 2.07. The van der Waals surface area contributed by atoms with Gasteiger partial charge in [0, 0.05) is 19.2 Å². The van der Waals surface area contributed by atoms with Gasteiger partial charge in [-0.15, -0.1) is 0 Å². The largest absolute Gasteiger partial charge is 0.480 e. The molecule has 1 rings (SSSR count). The molecule has 0 bridgehead atoms. The van der Waals surface area contributed by atoms with Gasteiger partial charge in [0.1, 0.15) is 6.04 Å². The number of carbonyl (C=O) groups is 2. The summed E-state index contributed by atoms with van der Waals surface area (Å²) in [6.45, 7) is 3.83. The minimum absolute atomic E-state index is 0.201. The molecule has 0 aliphatic carbocycles. The van der Waals surface area contributed by atoms with E-state index in [9.17, 15) is 9.59 Å². The Balaban J connectivity index is 2.10. The van der Waals surface area contributed by atoms with Crippen molar-refractivity contribution < 1.29 is 33.6 Å². The van der Waals surface area contributed by atoms with Gasteiger partial charge in [-0.05, 0) is 31.2 Å². The van der Waals surface area contributed by atoms with E-state index in [-0.39, 0.29) is 5.91 Å². The van der Waals surface area contributed by atoms with Crippen molar-refractivity contribution in [1.82, 2.24) is 10.6 Å². The highest BCUT2D eigenvalue weighted by molar-refractivity contribution is 5.94. The predicted molar refractivity (Wildman–Crippen MR) is 107 cm³/mol. The van der Waals surface area contributed by atoms with Crippen LogP contribution in [0.1, 0.15) is 15.9 Å². The van der Waals surface area contributed by atoms with Crippen molar-refractivity contribution in [2.75, 3.05) is 67.0 Å². The maximum atomic E-state index is 12.1. The Morgan fingerprint density at radius 3 is 2.00 bits per heavy atom.